The molecule has 0 spiro atoms. The number of carbonyl (C=O) groups is 1. The maximum absolute atomic E-state index is 14.6. The number of rotatable bonds is 9. The van der Waals surface area contributed by atoms with Crippen LogP contribution in [0.25, 0.3) is 11.1 Å². The third kappa shape index (κ3) is 5.63. The minimum Gasteiger partial charge on any atom is -0.507 e. The van der Waals surface area contributed by atoms with Crippen LogP contribution in [0.3, 0.4) is 0 Å². The number of anilines is 1. The molecule has 0 saturated carbocycles. The summed E-state index contributed by atoms with van der Waals surface area (Å²) in [7, 11) is -2.57. The lowest BCUT2D eigenvalue weighted by Gasteiger charge is -2.09. The zero-order valence-electron chi connectivity index (χ0n) is 17.2. The Kier molecular flexibility index (Phi) is 7.92. The number of thiophene rings is 1. The third-order valence-electron chi connectivity index (χ3n) is 4.42. The molecule has 1 heterocycles. The number of methoxy groups -OCH3 is 1. The van der Waals surface area contributed by atoms with Crippen molar-refractivity contribution in [1.29, 1.82) is 0 Å². The van der Waals surface area contributed by atoms with E-state index in [0.29, 0.717) is 0 Å². The van der Waals surface area contributed by atoms with E-state index < -0.39 is 27.9 Å². The van der Waals surface area contributed by atoms with Crippen molar-refractivity contribution < 1.29 is 37.6 Å². The summed E-state index contributed by atoms with van der Waals surface area (Å²) in [6.45, 7) is -0.166. The van der Waals surface area contributed by atoms with Crippen molar-refractivity contribution in [3.63, 3.8) is 0 Å². The molecule has 12 heteroatoms. The smallest absolute Gasteiger partial charge is 0.356 e. The molecule has 0 amide bonds. The number of aliphatic hydroxyl groups excluding tert-OH is 1. The van der Waals surface area contributed by atoms with Crippen molar-refractivity contribution in [1.82, 2.24) is 0 Å². The van der Waals surface area contributed by atoms with E-state index in [0.717, 1.165) is 17.4 Å². The highest BCUT2D eigenvalue weighted by Crippen LogP contribution is 2.42. The van der Waals surface area contributed by atoms with Crippen molar-refractivity contribution in [2.75, 3.05) is 25.0 Å². The summed E-state index contributed by atoms with van der Waals surface area (Å²) in [6, 6.07) is 9.42. The SMILES string of the molecule is COc1cccc(-c2cc([S+](=O)(O)Nc3ccc(C(=O)OCCCO)c(O)c3)sc2Cl)c1F. The fraction of sp³-hybridized carbons (Fsp3) is 0.190. The van der Waals surface area contributed by atoms with Gasteiger partial charge < -0.3 is 19.7 Å². The molecule has 0 saturated heterocycles. The van der Waals surface area contributed by atoms with Crippen LogP contribution in [0, 0.1) is 5.82 Å². The summed E-state index contributed by atoms with van der Waals surface area (Å²) in [5, 5.41) is 18.9. The molecule has 1 unspecified atom stereocenters. The Labute approximate surface area is 198 Å². The van der Waals surface area contributed by atoms with Gasteiger partial charge in [0.2, 0.25) is 0 Å². The van der Waals surface area contributed by atoms with Gasteiger partial charge in [-0.1, -0.05) is 35.1 Å². The van der Waals surface area contributed by atoms with Crippen molar-refractivity contribution in [3.05, 3.63) is 58.2 Å². The number of phenolic OH excluding ortho intramolecular Hbond substituents is 1. The number of hydrogen-bond donors (Lipinski definition) is 4. The fourth-order valence-electron chi connectivity index (χ4n) is 2.83. The molecule has 0 aliphatic rings. The van der Waals surface area contributed by atoms with E-state index in [1.54, 1.807) is 6.07 Å². The van der Waals surface area contributed by atoms with Crippen LogP contribution in [0.1, 0.15) is 16.8 Å². The van der Waals surface area contributed by atoms with E-state index in [1.807, 2.05) is 0 Å². The largest absolute Gasteiger partial charge is 0.507 e. The highest BCUT2D eigenvalue weighted by molar-refractivity contribution is 8.00. The Morgan fingerprint density at radius 3 is 2.67 bits per heavy atom. The Balaban J connectivity index is 1.83. The molecular formula is C21H20ClFNO7S2+. The van der Waals surface area contributed by atoms with Gasteiger partial charge in [0.1, 0.15) is 15.6 Å². The maximum atomic E-state index is 14.6. The van der Waals surface area contributed by atoms with Crippen LogP contribution >= 0.6 is 22.9 Å². The van der Waals surface area contributed by atoms with Crippen molar-refractivity contribution in [2.45, 2.75) is 10.6 Å². The second-order valence-corrected chi connectivity index (χ2v) is 10.3. The quantitative estimate of drug-likeness (QED) is 0.182. The molecule has 2 aromatic carbocycles. The van der Waals surface area contributed by atoms with Crippen LogP contribution < -0.4 is 9.46 Å². The number of nitrogens with one attached hydrogen (secondary N) is 1. The lowest BCUT2D eigenvalue weighted by molar-refractivity contribution is 0.0479. The zero-order valence-corrected chi connectivity index (χ0v) is 19.6. The Bertz CT molecular complexity index is 1220. The van der Waals surface area contributed by atoms with Gasteiger partial charge in [0.05, 0.1) is 19.4 Å². The number of ether oxygens (including phenoxy) is 2. The highest BCUT2D eigenvalue weighted by Gasteiger charge is 2.34. The zero-order chi connectivity index (χ0) is 24.2. The summed E-state index contributed by atoms with van der Waals surface area (Å²) in [6.07, 6.45) is 0.254. The number of aliphatic hydroxyl groups is 1. The van der Waals surface area contributed by atoms with Crippen LogP contribution in [0.4, 0.5) is 10.1 Å². The number of aromatic hydroxyl groups is 1. The van der Waals surface area contributed by atoms with Crippen molar-refractivity contribution in [3.8, 4) is 22.6 Å². The summed E-state index contributed by atoms with van der Waals surface area (Å²) in [5.74, 6) is -1.92. The van der Waals surface area contributed by atoms with E-state index in [2.05, 4.69) is 4.72 Å². The van der Waals surface area contributed by atoms with E-state index in [9.17, 15) is 23.1 Å². The van der Waals surface area contributed by atoms with Crippen LogP contribution in [-0.4, -0.2) is 41.1 Å². The number of hydrogen-bond acceptors (Lipinski definition) is 7. The number of esters is 1. The number of benzene rings is 2. The fourth-order valence-corrected chi connectivity index (χ4v) is 5.66. The van der Waals surface area contributed by atoms with Gasteiger partial charge in [0.25, 0.3) is 4.21 Å². The van der Waals surface area contributed by atoms with Gasteiger partial charge in [-0.25, -0.2) is 9.18 Å². The molecule has 0 fully saturated rings. The van der Waals surface area contributed by atoms with E-state index in [1.165, 1.54) is 37.4 Å². The first-order valence-electron chi connectivity index (χ1n) is 9.45. The normalized spacial score (nSPS) is 12.8. The molecule has 33 heavy (non-hydrogen) atoms. The van der Waals surface area contributed by atoms with Gasteiger partial charge in [-0.05, 0) is 22.4 Å². The topological polar surface area (TPSA) is 125 Å². The summed E-state index contributed by atoms with van der Waals surface area (Å²) in [5.41, 5.74) is 0.239. The van der Waals surface area contributed by atoms with Crippen LogP contribution in [0.5, 0.6) is 11.5 Å². The molecule has 1 atom stereocenters. The molecule has 176 valence electrons. The molecule has 4 N–H and O–H groups in total. The maximum Gasteiger partial charge on any atom is 0.356 e. The van der Waals surface area contributed by atoms with Crippen LogP contribution in [0.15, 0.2) is 46.7 Å². The number of halogens is 2. The first-order valence-corrected chi connectivity index (χ1v) is 12.2. The molecule has 0 bridgehead atoms. The second-order valence-electron chi connectivity index (χ2n) is 6.65. The third-order valence-corrected chi connectivity index (χ3v) is 7.68. The minimum atomic E-state index is -3.89. The standard InChI is InChI=1S/C21H19ClFNO7S2/c1-30-17-5-2-4-13(19(17)23)15-11-18(32-20(15)22)33(28,29)24-12-6-7-14(16(26)10-12)21(27)31-9-3-8-25/h2,4-7,10-11,25H,3,8-9H2,1H3,(H2-,24,26,27,28,29)/p+1. The molecule has 8 nitrogen and oxygen atoms in total. The average molecular weight is 517 g/mol. The number of carbonyl (C=O) groups excluding carboxylic acids is 1. The predicted molar refractivity (Wildman–Crippen MR) is 124 cm³/mol. The van der Waals surface area contributed by atoms with Crippen molar-refractivity contribution in [2.24, 2.45) is 0 Å². The van der Waals surface area contributed by atoms with Crippen LogP contribution in [0.2, 0.25) is 4.34 Å². The monoisotopic (exact) mass is 516 g/mol. The first kappa shape index (κ1) is 24.9. The Hall–Kier alpha value is -2.70. The summed E-state index contributed by atoms with van der Waals surface area (Å²) >= 11 is 7.02. The van der Waals surface area contributed by atoms with Crippen molar-refractivity contribution >= 4 is 45.0 Å². The lowest BCUT2D eigenvalue weighted by Crippen LogP contribution is -2.19. The van der Waals surface area contributed by atoms with Gasteiger partial charge in [0, 0.05) is 36.3 Å². The van der Waals surface area contributed by atoms with Gasteiger partial charge >= 0.3 is 16.4 Å². The highest BCUT2D eigenvalue weighted by atomic mass is 35.5. The van der Waals surface area contributed by atoms with E-state index in [4.69, 9.17) is 26.2 Å². The second kappa shape index (κ2) is 10.5. The number of phenols is 1. The average Bonchev–Trinajstić information content (AvgIpc) is 3.16. The van der Waals surface area contributed by atoms with Crippen LogP contribution in [-0.2, 0) is 19.3 Å². The molecule has 0 aliphatic carbocycles. The van der Waals surface area contributed by atoms with Gasteiger partial charge in [0.15, 0.2) is 11.6 Å². The Morgan fingerprint density at radius 1 is 1.24 bits per heavy atom. The lowest BCUT2D eigenvalue weighted by atomic mass is 10.1. The van der Waals surface area contributed by atoms with E-state index >= 15 is 0 Å². The van der Waals surface area contributed by atoms with Gasteiger partial charge in [-0.15, -0.1) is 0 Å². The first-order chi connectivity index (χ1) is 15.7. The molecule has 3 rings (SSSR count). The summed E-state index contributed by atoms with van der Waals surface area (Å²) in [4.78, 5) is 12.0. The molecule has 0 radical (unpaired) electrons. The summed E-state index contributed by atoms with van der Waals surface area (Å²) < 4.78 is 50.4. The Morgan fingerprint density at radius 2 is 2.00 bits per heavy atom. The van der Waals surface area contributed by atoms with Gasteiger partial charge in [-0.3, -0.25) is 0 Å². The molecule has 1 aromatic heterocycles. The minimum absolute atomic E-state index is 0.00428. The van der Waals surface area contributed by atoms with Gasteiger partial charge in [-0.2, -0.15) is 9.27 Å². The molecular weight excluding hydrogens is 497 g/mol. The predicted octanol–water partition coefficient (Wildman–Crippen LogP) is 4.82. The molecule has 0 aliphatic heterocycles. The molecule has 3 aromatic rings. The van der Waals surface area contributed by atoms with E-state index in [-0.39, 0.29) is 56.3 Å².